The van der Waals surface area contributed by atoms with Gasteiger partial charge in [0.2, 0.25) is 0 Å². The predicted molar refractivity (Wildman–Crippen MR) is 141 cm³/mol. The summed E-state index contributed by atoms with van der Waals surface area (Å²) < 4.78 is 45.7. The first-order valence-corrected chi connectivity index (χ1v) is 12.6. The molecule has 0 unspecified atom stereocenters. The molecule has 7 nitrogen and oxygen atoms in total. The molecule has 1 aliphatic rings. The lowest BCUT2D eigenvalue weighted by Gasteiger charge is -2.28. The number of alkyl halides is 3. The second kappa shape index (κ2) is 11.0. The predicted octanol–water partition coefficient (Wildman–Crippen LogP) is 4.95. The number of nitrogens with zero attached hydrogens (tertiary/aromatic N) is 3. The third kappa shape index (κ3) is 5.71. The first-order valence-electron chi connectivity index (χ1n) is 12.2. The van der Waals surface area contributed by atoms with E-state index >= 15 is 0 Å². The van der Waals surface area contributed by atoms with Crippen LogP contribution in [0.3, 0.4) is 0 Å². The minimum Gasteiger partial charge on any atom is -0.404 e. The van der Waals surface area contributed by atoms with Gasteiger partial charge in [0, 0.05) is 31.7 Å². The minimum atomic E-state index is -4.94. The highest BCUT2D eigenvalue weighted by Crippen LogP contribution is 2.32. The normalized spacial score (nSPS) is 13.9. The van der Waals surface area contributed by atoms with Gasteiger partial charge in [-0.1, -0.05) is 66.2 Å². The maximum atomic E-state index is 14.1. The van der Waals surface area contributed by atoms with Gasteiger partial charge in [-0.05, 0) is 29.8 Å². The average Bonchev–Trinajstić information content (AvgIpc) is 3.22. The van der Waals surface area contributed by atoms with Gasteiger partial charge >= 0.3 is 12.1 Å². The van der Waals surface area contributed by atoms with E-state index in [4.69, 9.17) is 11.6 Å². The minimum absolute atomic E-state index is 0.144. The molecule has 0 aliphatic carbocycles. The molecular weight excluding hydrogens is 533 g/mol. The standard InChI is InChI=1S/C28H24ClF3N4O3/c29-22-12-11-19(17-23(22)39-28(30,31)32)18-35-25(26(37)34-15-13-33-14-16-34)24(20-7-3-1-4-8-20)36(27(35)38)21-9-5-2-6-10-21/h1-12,17,33H,13-16,18H2. The van der Waals surface area contributed by atoms with Gasteiger partial charge in [0.25, 0.3) is 5.91 Å². The summed E-state index contributed by atoms with van der Waals surface area (Å²) in [6.07, 6.45) is -4.94. The fourth-order valence-electron chi connectivity index (χ4n) is 4.64. The summed E-state index contributed by atoms with van der Waals surface area (Å²) in [5, 5.41) is 2.98. The molecule has 0 spiro atoms. The molecule has 202 valence electrons. The van der Waals surface area contributed by atoms with E-state index in [1.807, 2.05) is 36.4 Å². The van der Waals surface area contributed by atoms with Crippen molar-refractivity contribution in [2.24, 2.45) is 0 Å². The number of rotatable bonds is 6. The van der Waals surface area contributed by atoms with Gasteiger partial charge in [0.05, 0.1) is 22.9 Å². The number of hydrogen-bond acceptors (Lipinski definition) is 4. The highest BCUT2D eigenvalue weighted by molar-refractivity contribution is 6.32. The first-order chi connectivity index (χ1) is 18.7. The number of amides is 1. The van der Waals surface area contributed by atoms with Crippen LogP contribution in [-0.2, 0) is 6.54 Å². The van der Waals surface area contributed by atoms with Crippen LogP contribution in [0.15, 0.2) is 83.7 Å². The van der Waals surface area contributed by atoms with Gasteiger partial charge in [-0.3, -0.25) is 13.9 Å². The number of imidazole rings is 1. The Hall–Kier alpha value is -4.02. The molecule has 1 amide bonds. The van der Waals surface area contributed by atoms with E-state index in [0.717, 1.165) is 6.07 Å². The summed E-state index contributed by atoms with van der Waals surface area (Å²) in [6, 6.07) is 21.9. The van der Waals surface area contributed by atoms with Crippen molar-refractivity contribution in [1.82, 2.24) is 19.4 Å². The summed E-state index contributed by atoms with van der Waals surface area (Å²) in [5.41, 5.74) is 1.53. The van der Waals surface area contributed by atoms with Crippen LogP contribution in [0.2, 0.25) is 5.02 Å². The number of hydrogen-bond donors (Lipinski definition) is 1. The molecule has 1 aromatic heterocycles. The lowest BCUT2D eigenvalue weighted by atomic mass is 10.1. The molecule has 0 saturated carbocycles. The molecule has 11 heteroatoms. The summed E-state index contributed by atoms with van der Waals surface area (Å²) in [7, 11) is 0. The zero-order valence-corrected chi connectivity index (χ0v) is 21.4. The fraction of sp³-hybridized carbons (Fsp3) is 0.214. The third-order valence-corrected chi connectivity index (χ3v) is 6.68. The van der Waals surface area contributed by atoms with Crippen molar-refractivity contribution in [3.05, 3.63) is 106 Å². The Balaban J connectivity index is 1.73. The Morgan fingerprint density at radius 2 is 1.59 bits per heavy atom. The lowest BCUT2D eigenvalue weighted by molar-refractivity contribution is -0.274. The highest BCUT2D eigenvalue weighted by atomic mass is 35.5. The van der Waals surface area contributed by atoms with E-state index in [2.05, 4.69) is 10.1 Å². The van der Waals surface area contributed by atoms with Crippen LogP contribution in [0.4, 0.5) is 13.2 Å². The Kier molecular flexibility index (Phi) is 7.49. The second-order valence-corrected chi connectivity index (χ2v) is 9.36. The summed E-state index contributed by atoms with van der Waals surface area (Å²) in [5.74, 6) is -0.932. The molecule has 3 aromatic carbocycles. The monoisotopic (exact) mass is 556 g/mol. The van der Waals surface area contributed by atoms with Crippen molar-refractivity contribution in [2.75, 3.05) is 26.2 Å². The quantitative estimate of drug-likeness (QED) is 0.365. The van der Waals surface area contributed by atoms with Crippen LogP contribution in [0.25, 0.3) is 16.9 Å². The van der Waals surface area contributed by atoms with Crippen molar-refractivity contribution in [3.8, 4) is 22.7 Å². The Morgan fingerprint density at radius 3 is 2.23 bits per heavy atom. The molecule has 39 heavy (non-hydrogen) atoms. The summed E-state index contributed by atoms with van der Waals surface area (Å²) in [6.45, 7) is 1.92. The van der Waals surface area contributed by atoms with Gasteiger partial charge in [0.1, 0.15) is 11.4 Å². The number of nitrogens with one attached hydrogen (secondary N) is 1. The van der Waals surface area contributed by atoms with Gasteiger partial charge in [-0.25, -0.2) is 4.79 Å². The average molecular weight is 557 g/mol. The number of benzene rings is 3. The number of carbonyl (C=O) groups is 1. The topological polar surface area (TPSA) is 68.5 Å². The molecule has 0 atom stereocenters. The van der Waals surface area contributed by atoms with Gasteiger partial charge in [0.15, 0.2) is 0 Å². The van der Waals surface area contributed by atoms with Crippen LogP contribution in [0, 0.1) is 0 Å². The zero-order chi connectivity index (χ0) is 27.6. The number of halogens is 4. The van der Waals surface area contributed by atoms with Crippen molar-refractivity contribution in [1.29, 1.82) is 0 Å². The molecule has 4 aromatic rings. The number of aromatic nitrogens is 2. The van der Waals surface area contributed by atoms with Crippen molar-refractivity contribution in [3.63, 3.8) is 0 Å². The van der Waals surface area contributed by atoms with Crippen molar-refractivity contribution >= 4 is 17.5 Å². The van der Waals surface area contributed by atoms with E-state index in [0.29, 0.717) is 48.7 Å². The summed E-state index contributed by atoms with van der Waals surface area (Å²) >= 11 is 5.94. The molecule has 1 saturated heterocycles. The first kappa shape index (κ1) is 26.6. The van der Waals surface area contributed by atoms with Crippen LogP contribution in [0.5, 0.6) is 5.75 Å². The van der Waals surface area contributed by atoms with Crippen LogP contribution in [-0.4, -0.2) is 52.5 Å². The Labute approximate surface area is 227 Å². The lowest BCUT2D eigenvalue weighted by Crippen LogP contribution is -2.47. The van der Waals surface area contributed by atoms with Crippen molar-refractivity contribution in [2.45, 2.75) is 12.9 Å². The van der Waals surface area contributed by atoms with E-state index in [1.165, 1.54) is 21.3 Å². The Morgan fingerprint density at radius 1 is 0.949 bits per heavy atom. The van der Waals surface area contributed by atoms with E-state index in [1.54, 1.807) is 29.2 Å². The highest BCUT2D eigenvalue weighted by Gasteiger charge is 2.33. The molecule has 1 fully saturated rings. The van der Waals surface area contributed by atoms with Crippen LogP contribution >= 0.6 is 11.6 Å². The van der Waals surface area contributed by atoms with Gasteiger partial charge in [-0.15, -0.1) is 13.2 Å². The zero-order valence-electron chi connectivity index (χ0n) is 20.6. The maximum absolute atomic E-state index is 14.1. The number of carbonyl (C=O) groups excluding carboxylic acids is 1. The molecule has 0 radical (unpaired) electrons. The largest absolute Gasteiger partial charge is 0.573 e. The molecule has 2 heterocycles. The third-order valence-electron chi connectivity index (χ3n) is 6.37. The molecule has 5 rings (SSSR count). The van der Waals surface area contributed by atoms with Crippen LogP contribution < -0.4 is 15.7 Å². The number of piperazine rings is 1. The maximum Gasteiger partial charge on any atom is 0.573 e. The van der Waals surface area contributed by atoms with Crippen LogP contribution in [0.1, 0.15) is 16.1 Å². The number of ether oxygens (including phenoxy) is 1. The SMILES string of the molecule is O=C(c1c(-c2ccccc2)n(-c2ccccc2)c(=O)n1Cc1ccc(Cl)c(OC(F)(F)F)c1)N1CCNCC1. The van der Waals surface area contributed by atoms with Gasteiger partial charge < -0.3 is 15.0 Å². The number of para-hydroxylation sites is 1. The Bertz CT molecular complexity index is 1530. The van der Waals surface area contributed by atoms with Gasteiger partial charge in [-0.2, -0.15) is 0 Å². The molecule has 0 bridgehead atoms. The van der Waals surface area contributed by atoms with E-state index in [9.17, 15) is 22.8 Å². The molecule has 1 aliphatic heterocycles. The van der Waals surface area contributed by atoms with Crippen molar-refractivity contribution < 1.29 is 22.7 Å². The van der Waals surface area contributed by atoms with E-state index in [-0.39, 0.29) is 23.2 Å². The molecule has 1 N–H and O–H groups in total. The smallest absolute Gasteiger partial charge is 0.404 e. The fourth-order valence-corrected chi connectivity index (χ4v) is 4.79. The van der Waals surface area contributed by atoms with E-state index < -0.39 is 17.8 Å². The molecular formula is C28H24ClF3N4O3. The second-order valence-electron chi connectivity index (χ2n) is 8.96. The summed E-state index contributed by atoms with van der Waals surface area (Å²) in [4.78, 5) is 29.8.